The number of hydrogen-bond donors (Lipinski definition) is 0. The molecule has 1 fully saturated rings. The van der Waals surface area contributed by atoms with Gasteiger partial charge < -0.3 is 9.64 Å². The molecule has 0 aliphatic carbocycles. The van der Waals surface area contributed by atoms with E-state index in [9.17, 15) is 9.59 Å². The largest absolute Gasteiger partial charge is 0.444 e. The number of hydrogen-bond acceptors (Lipinski definition) is 4. The van der Waals surface area contributed by atoms with Gasteiger partial charge in [-0.15, -0.1) is 0 Å². The summed E-state index contributed by atoms with van der Waals surface area (Å²) in [7, 11) is 1.66. The summed E-state index contributed by atoms with van der Waals surface area (Å²) in [5.41, 5.74) is -0.994. The van der Waals surface area contributed by atoms with Gasteiger partial charge in [0.2, 0.25) is 5.91 Å². The third-order valence-electron chi connectivity index (χ3n) is 3.26. The molecule has 1 heterocycles. The van der Waals surface area contributed by atoms with Gasteiger partial charge in [0.1, 0.15) is 17.8 Å². The minimum atomic E-state index is -0.779. The lowest BCUT2D eigenvalue weighted by Crippen LogP contribution is -2.52. The van der Waals surface area contributed by atoms with E-state index in [4.69, 9.17) is 10.00 Å². The Morgan fingerprint density at radius 1 is 1.29 bits per heavy atom. The number of amides is 2. The lowest BCUT2D eigenvalue weighted by atomic mass is 9.91. The lowest BCUT2D eigenvalue weighted by molar-refractivity contribution is -0.129. The van der Waals surface area contributed by atoms with Gasteiger partial charge in [-0.1, -0.05) is 20.8 Å². The zero-order valence-electron chi connectivity index (χ0n) is 13.9. The molecule has 2 atom stereocenters. The molecule has 0 aromatic carbocycles. The quantitative estimate of drug-likeness (QED) is 0.744. The lowest BCUT2D eigenvalue weighted by Gasteiger charge is -2.39. The second-order valence-electron chi connectivity index (χ2n) is 7.45. The van der Waals surface area contributed by atoms with Crippen LogP contribution in [0, 0.1) is 16.7 Å². The van der Waals surface area contributed by atoms with Gasteiger partial charge in [-0.25, -0.2) is 4.79 Å². The van der Waals surface area contributed by atoms with Crippen LogP contribution in [0.25, 0.3) is 0 Å². The van der Waals surface area contributed by atoms with Crippen LogP contribution in [0.2, 0.25) is 0 Å². The van der Waals surface area contributed by atoms with Gasteiger partial charge in [0.25, 0.3) is 0 Å². The Labute approximate surface area is 126 Å². The fraction of sp³-hybridized carbons (Fsp3) is 0.800. The van der Waals surface area contributed by atoms with Crippen molar-refractivity contribution in [3.05, 3.63) is 0 Å². The highest BCUT2D eigenvalue weighted by atomic mass is 16.6. The van der Waals surface area contributed by atoms with Crippen LogP contribution in [0.3, 0.4) is 0 Å². The second kappa shape index (κ2) is 5.55. The van der Waals surface area contributed by atoms with E-state index in [-0.39, 0.29) is 17.7 Å². The normalized spacial score (nSPS) is 23.2. The maximum atomic E-state index is 12.5. The molecular formula is C15H25N3O3. The molecule has 21 heavy (non-hydrogen) atoms. The van der Waals surface area contributed by atoms with E-state index in [1.807, 2.05) is 26.8 Å². The number of carbonyl (C=O) groups is 2. The first-order valence-corrected chi connectivity index (χ1v) is 7.05. The molecule has 1 rings (SSSR count). The molecule has 0 spiro atoms. The number of nitrogens with zero attached hydrogens (tertiary/aromatic N) is 3. The molecule has 1 aliphatic heterocycles. The molecule has 1 saturated heterocycles. The first-order chi connectivity index (χ1) is 9.40. The van der Waals surface area contributed by atoms with Crippen molar-refractivity contribution in [3.8, 4) is 6.07 Å². The van der Waals surface area contributed by atoms with E-state index < -0.39 is 23.9 Å². The van der Waals surface area contributed by atoms with E-state index >= 15 is 0 Å². The molecule has 0 bridgehead atoms. The minimum absolute atomic E-state index is 0.0327. The SMILES string of the molecule is CN1C(=O)C(CC#N)N(C(=O)OC(C)(C)C)C1C(C)(C)C. The van der Waals surface area contributed by atoms with Crippen LogP contribution in [0.5, 0.6) is 0 Å². The smallest absolute Gasteiger partial charge is 0.412 e. The highest BCUT2D eigenvalue weighted by Crippen LogP contribution is 2.35. The molecule has 0 aromatic heterocycles. The zero-order chi connectivity index (χ0) is 16.6. The molecule has 6 heteroatoms. The van der Waals surface area contributed by atoms with Crippen molar-refractivity contribution in [2.45, 2.75) is 65.8 Å². The van der Waals surface area contributed by atoms with Crippen LogP contribution in [0.1, 0.15) is 48.0 Å². The first kappa shape index (κ1) is 17.3. The average molecular weight is 295 g/mol. The molecule has 1 aliphatic rings. The van der Waals surface area contributed by atoms with Crippen LogP contribution in [0.15, 0.2) is 0 Å². The van der Waals surface area contributed by atoms with Crippen LogP contribution >= 0.6 is 0 Å². The summed E-state index contributed by atoms with van der Waals surface area (Å²) in [6.45, 7) is 11.2. The molecular weight excluding hydrogens is 270 g/mol. The van der Waals surface area contributed by atoms with Gasteiger partial charge >= 0.3 is 6.09 Å². The molecule has 0 aromatic rings. The Kier molecular flexibility index (Phi) is 4.57. The number of likely N-dealkylation sites (N-methyl/N-ethyl adjacent to an activating group) is 1. The standard InChI is InChI=1S/C15H25N3O3/c1-14(2,3)12-17(7)11(19)10(8-9-16)18(12)13(20)21-15(4,5)6/h10,12H,8H2,1-7H3. The van der Waals surface area contributed by atoms with Gasteiger partial charge in [0.05, 0.1) is 12.5 Å². The first-order valence-electron chi connectivity index (χ1n) is 7.05. The van der Waals surface area contributed by atoms with Gasteiger partial charge in [0, 0.05) is 12.5 Å². The van der Waals surface area contributed by atoms with Crippen LogP contribution in [-0.2, 0) is 9.53 Å². The fourth-order valence-electron chi connectivity index (χ4n) is 2.64. The van der Waals surface area contributed by atoms with E-state index in [2.05, 4.69) is 0 Å². The van der Waals surface area contributed by atoms with E-state index in [1.165, 1.54) is 9.80 Å². The van der Waals surface area contributed by atoms with Crippen LogP contribution < -0.4 is 0 Å². The summed E-state index contributed by atoms with van der Waals surface area (Å²) in [6, 6.07) is 1.20. The maximum absolute atomic E-state index is 12.5. The molecule has 0 radical (unpaired) electrons. The Morgan fingerprint density at radius 2 is 1.81 bits per heavy atom. The summed E-state index contributed by atoms with van der Waals surface area (Å²) < 4.78 is 5.42. The molecule has 0 saturated carbocycles. The number of ether oxygens (including phenoxy) is 1. The second-order valence-corrected chi connectivity index (χ2v) is 7.45. The summed E-state index contributed by atoms with van der Waals surface area (Å²) in [5.74, 6) is -0.220. The Hall–Kier alpha value is -1.77. The van der Waals surface area contributed by atoms with Crippen molar-refractivity contribution in [3.63, 3.8) is 0 Å². The van der Waals surface area contributed by atoms with Crippen molar-refractivity contribution in [1.29, 1.82) is 5.26 Å². The molecule has 0 N–H and O–H groups in total. The molecule has 2 unspecified atom stereocenters. The summed E-state index contributed by atoms with van der Waals surface area (Å²) in [6.07, 6.45) is -1.02. The highest BCUT2D eigenvalue weighted by molar-refractivity contribution is 5.89. The minimum Gasteiger partial charge on any atom is -0.444 e. The Bertz CT molecular complexity index is 468. The topological polar surface area (TPSA) is 73.6 Å². The average Bonchev–Trinajstić information content (AvgIpc) is 2.51. The summed E-state index contributed by atoms with van der Waals surface area (Å²) in [4.78, 5) is 27.8. The predicted molar refractivity (Wildman–Crippen MR) is 78.1 cm³/mol. The number of nitriles is 1. The number of rotatable bonds is 1. The Balaban J connectivity index is 3.21. The molecule has 2 amide bonds. The number of carbonyl (C=O) groups excluding carboxylic acids is 2. The van der Waals surface area contributed by atoms with E-state index in [0.717, 1.165) is 0 Å². The van der Waals surface area contributed by atoms with Crippen LogP contribution in [-0.4, -0.2) is 46.7 Å². The summed E-state index contributed by atoms with van der Waals surface area (Å²) >= 11 is 0. The van der Waals surface area contributed by atoms with E-state index in [0.29, 0.717) is 0 Å². The predicted octanol–water partition coefficient (Wildman–Crippen LogP) is 2.35. The van der Waals surface area contributed by atoms with Crippen molar-refractivity contribution >= 4 is 12.0 Å². The van der Waals surface area contributed by atoms with Crippen molar-refractivity contribution in [2.75, 3.05) is 7.05 Å². The van der Waals surface area contributed by atoms with Crippen molar-refractivity contribution < 1.29 is 14.3 Å². The van der Waals surface area contributed by atoms with Gasteiger partial charge in [-0.2, -0.15) is 5.26 Å². The molecule has 6 nitrogen and oxygen atoms in total. The van der Waals surface area contributed by atoms with Crippen LogP contribution in [0.4, 0.5) is 4.79 Å². The van der Waals surface area contributed by atoms with E-state index in [1.54, 1.807) is 27.8 Å². The maximum Gasteiger partial charge on any atom is 0.412 e. The van der Waals surface area contributed by atoms with Crippen molar-refractivity contribution in [2.24, 2.45) is 5.41 Å². The third-order valence-corrected chi connectivity index (χ3v) is 3.26. The third kappa shape index (κ3) is 3.66. The summed E-state index contributed by atoms with van der Waals surface area (Å²) in [5, 5.41) is 8.95. The zero-order valence-corrected chi connectivity index (χ0v) is 13.9. The molecule has 118 valence electrons. The van der Waals surface area contributed by atoms with Gasteiger partial charge in [0.15, 0.2) is 0 Å². The Morgan fingerprint density at radius 3 is 2.19 bits per heavy atom. The highest BCUT2D eigenvalue weighted by Gasteiger charge is 2.52. The monoisotopic (exact) mass is 295 g/mol. The fourth-order valence-corrected chi connectivity index (χ4v) is 2.64. The van der Waals surface area contributed by atoms with Gasteiger partial charge in [-0.3, -0.25) is 9.69 Å². The van der Waals surface area contributed by atoms with Gasteiger partial charge in [-0.05, 0) is 20.8 Å². The van der Waals surface area contributed by atoms with Crippen molar-refractivity contribution in [1.82, 2.24) is 9.80 Å².